The van der Waals surface area contributed by atoms with Gasteiger partial charge in [0.1, 0.15) is 5.78 Å². The average molecular weight is 323 g/mol. The van der Waals surface area contributed by atoms with E-state index in [1.807, 2.05) is 42.5 Å². The molecule has 23 heavy (non-hydrogen) atoms. The minimum Gasteiger partial charge on any atom is -0.299 e. The lowest BCUT2D eigenvalue weighted by Crippen LogP contribution is -2.08. The van der Waals surface area contributed by atoms with Crippen LogP contribution in [0.4, 0.5) is 0 Å². The van der Waals surface area contributed by atoms with Crippen molar-refractivity contribution in [3.8, 4) is 0 Å². The Labute approximate surface area is 142 Å². The van der Waals surface area contributed by atoms with Crippen LogP contribution in [0.3, 0.4) is 0 Å². The summed E-state index contributed by atoms with van der Waals surface area (Å²) >= 11 is 6.15. The summed E-state index contributed by atoms with van der Waals surface area (Å²) in [7, 11) is 0. The number of carbonyl (C=O) groups is 1. The van der Waals surface area contributed by atoms with Crippen molar-refractivity contribution in [1.82, 2.24) is 0 Å². The largest absolute Gasteiger partial charge is 0.299 e. The third kappa shape index (κ3) is 4.00. The molecule has 3 rings (SSSR count). The monoisotopic (exact) mass is 322 g/mol. The normalized spacial score (nSPS) is 13.7. The fourth-order valence-corrected chi connectivity index (χ4v) is 3.10. The van der Waals surface area contributed by atoms with E-state index in [-0.39, 0.29) is 5.78 Å². The summed E-state index contributed by atoms with van der Waals surface area (Å²) in [5.41, 5.74) is 4.36. The van der Waals surface area contributed by atoms with Gasteiger partial charge in [-0.05, 0) is 41.2 Å². The molecule has 116 valence electrons. The van der Waals surface area contributed by atoms with Crippen LogP contribution in [-0.4, -0.2) is 5.78 Å². The number of Topliss-reactive ketones (excluding diaryl/α,β-unsaturated/α-hetero) is 1. The highest BCUT2D eigenvalue weighted by Gasteiger charge is 2.12. The summed E-state index contributed by atoms with van der Waals surface area (Å²) in [6.07, 6.45) is 9.57. The number of ketones is 1. The van der Waals surface area contributed by atoms with Crippen LogP contribution in [0.25, 0.3) is 5.57 Å². The standard InChI is InChI=1S/C21H19ClO/c22-21-13-7-5-11-18(21)15-19(23)14-17-10-4-6-12-20(17)16-8-2-1-3-9-16/h2,4-13H,1,3,14-15H2. The molecular formula is C21H19ClO. The minimum atomic E-state index is 0.186. The van der Waals surface area contributed by atoms with Gasteiger partial charge in [0.05, 0.1) is 0 Å². The Hall–Kier alpha value is -2.12. The maximum absolute atomic E-state index is 12.5. The lowest BCUT2D eigenvalue weighted by molar-refractivity contribution is -0.117. The van der Waals surface area contributed by atoms with E-state index in [0.29, 0.717) is 17.9 Å². The molecule has 1 aliphatic rings. The van der Waals surface area contributed by atoms with Gasteiger partial charge in [0.2, 0.25) is 0 Å². The van der Waals surface area contributed by atoms with Gasteiger partial charge in [-0.25, -0.2) is 0 Å². The van der Waals surface area contributed by atoms with E-state index in [1.54, 1.807) is 0 Å². The van der Waals surface area contributed by atoms with E-state index in [9.17, 15) is 4.79 Å². The molecule has 0 radical (unpaired) electrons. The summed E-state index contributed by atoms with van der Waals surface area (Å²) in [6.45, 7) is 0. The van der Waals surface area contributed by atoms with Crippen molar-refractivity contribution in [3.05, 3.63) is 88.5 Å². The fourth-order valence-electron chi connectivity index (χ4n) is 2.90. The van der Waals surface area contributed by atoms with Crippen molar-refractivity contribution in [2.45, 2.75) is 25.7 Å². The zero-order chi connectivity index (χ0) is 16.1. The third-order valence-electron chi connectivity index (χ3n) is 4.06. The van der Waals surface area contributed by atoms with Gasteiger partial charge < -0.3 is 0 Å². The first-order valence-corrected chi connectivity index (χ1v) is 8.32. The molecular weight excluding hydrogens is 304 g/mol. The topological polar surface area (TPSA) is 17.1 Å². The Bertz CT molecular complexity index is 771. The van der Waals surface area contributed by atoms with Crippen LogP contribution in [0.15, 0.2) is 66.8 Å². The molecule has 1 nitrogen and oxygen atoms in total. The van der Waals surface area contributed by atoms with Crippen molar-refractivity contribution in [2.75, 3.05) is 0 Å². The van der Waals surface area contributed by atoms with Crippen LogP contribution >= 0.6 is 11.6 Å². The van der Waals surface area contributed by atoms with Gasteiger partial charge in [0.25, 0.3) is 0 Å². The Morgan fingerprint density at radius 3 is 2.35 bits per heavy atom. The Kier molecular flexibility index (Phi) is 5.09. The van der Waals surface area contributed by atoms with Crippen molar-refractivity contribution >= 4 is 23.0 Å². The molecule has 0 unspecified atom stereocenters. The van der Waals surface area contributed by atoms with Gasteiger partial charge in [-0.2, -0.15) is 0 Å². The molecule has 2 aromatic rings. The van der Waals surface area contributed by atoms with Crippen molar-refractivity contribution in [2.24, 2.45) is 0 Å². The molecule has 0 fully saturated rings. The predicted octanol–water partition coefficient (Wildman–Crippen LogP) is 5.43. The lowest BCUT2D eigenvalue weighted by atomic mass is 9.92. The van der Waals surface area contributed by atoms with Crippen LogP contribution in [0.2, 0.25) is 5.02 Å². The second-order valence-corrected chi connectivity index (χ2v) is 6.19. The second-order valence-electron chi connectivity index (χ2n) is 5.78. The first-order chi connectivity index (χ1) is 11.2. The van der Waals surface area contributed by atoms with Gasteiger partial charge >= 0.3 is 0 Å². The third-order valence-corrected chi connectivity index (χ3v) is 4.43. The summed E-state index contributed by atoms with van der Waals surface area (Å²) in [6, 6.07) is 15.7. The highest BCUT2D eigenvalue weighted by molar-refractivity contribution is 6.31. The highest BCUT2D eigenvalue weighted by atomic mass is 35.5. The van der Waals surface area contributed by atoms with Crippen LogP contribution in [-0.2, 0) is 17.6 Å². The van der Waals surface area contributed by atoms with Gasteiger partial charge in [-0.3, -0.25) is 4.79 Å². The Balaban J connectivity index is 1.78. The molecule has 0 aromatic heterocycles. The fraction of sp³-hybridized carbons (Fsp3) is 0.190. The van der Waals surface area contributed by atoms with Crippen LogP contribution in [0.1, 0.15) is 29.5 Å². The van der Waals surface area contributed by atoms with Gasteiger partial charge in [0.15, 0.2) is 0 Å². The Morgan fingerprint density at radius 2 is 1.61 bits per heavy atom. The zero-order valence-corrected chi connectivity index (χ0v) is 13.7. The van der Waals surface area contributed by atoms with E-state index in [2.05, 4.69) is 24.3 Å². The molecule has 0 spiro atoms. The molecule has 0 bridgehead atoms. The quantitative estimate of drug-likeness (QED) is 0.717. The molecule has 0 heterocycles. The molecule has 2 heteroatoms. The summed E-state index contributed by atoms with van der Waals surface area (Å²) in [4.78, 5) is 12.5. The number of allylic oxidation sites excluding steroid dienone is 4. The molecule has 2 aromatic carbocycles. The molecule has 0 saturated carbocycles. The SMILES string of the molecule is O=C(Cc1ccccc1Cl)Cc1ccccc1C1=CCCC=C1. The first kappa shape index (κ1) is 15.8. The lowest BCUT2D eigenvalue weighted by Gasteiger charge is -2.12. The van der Waals surface area contributed by atoms with Gasteiger partial charge in [-0.1, -0.05) is 72.3 Å². The number of halogens is 1. The number of hydrogen-bond donors (Lipinski definition) is 0. The van der Waals surface area contributed by atoms with Gasteiger partial charge in [-0.15, -0.1) is 0 Å². The average Bonchev–Trinajstić information content (AvgIpc) is 2.58. The maximum Gasteiger partial charge on any atom is 0.141 e. The van der Waals surface area contributed by atoms with Crippen LogP contribution in [0, 0.1) is 0 Å². The summed E-state index contributed by atoms with van der Waals surface area (Å²) in [5.74, 6) is 0.186. The number of carbonyl (C=O) groups excluding carboxylic acids is 1. The summed E-state index contributed by atoms with van der Waals surface area (Å²) < 4.78 is 0. The number of rotatable bonds is 5. The number of hydrogen-bond acceptors (Lipinski definition) is 1. The van der Waals surface area contributed by atoms with Gasteiger partial charge in [0, 0.05) is 17.9 Å². The van der Waals surface area contributed by atoms with E-state index >= 15 is 0 Å². The van der Waals surface area contributed by atoms with E-state index in [1.165, 1.54) is 5.57 Å². The molecule has 0 saturated heterocycles. The maximum atomic E-state index is 12.5. The van der Waals surface area contributed by atoms with Crippen LogP contribution in [0.5, 0.6) is 0 Å². The van der Waals surface area contributed by atoms with E-state index in [4.69, 9.17) is 11.6 Å². The Morgan fingerprint density at radius 1 is 0.913 bits per heavy atom. The second kappa shape index (κ2) is 7.43. The molecule has 0 atom stereocenters. The molecule has 0 amide bonds. The van der Waals surface area contributed by atoms with E-state index < -0.39 is 0 Å². The van der Waals surface area contributed by atoms with Crippen LogP contribution < -0.4 is 0 Å². The molecule has 0 N–H and O–H groups in total. The zero-order valence-electron chi connectivity index (χ0n) is 13.0. The smallest absolute Gasteiger partial charge is 0.141 e. The van der Waals surface area contributed by atoms with Crippen molar-refractivity contribution in [1.29, 1.82) is 0 Å². The molecule has 0 aliphatic heterocycles. The summed E-state index contributed by atoms with van der Waals surface area (Å²) in [5, 5.41) is 0.659. The van der Waals surface area contributed by atoms with E-state index in [0.717, 1.165) is 29.5 Å². The van der Waals surface area contributed by atoms with Crippen molar-refractivity contribution < 1.29 is 4.79 Å². The van der Waals surface area contributed by atoms with Crippen molar-refractivity contribution in [3.63, 3.8) is 0 Å². The predicted molar refractivity (Wildman–Crippen MR) is 96.7 cm³/mol. The highest BCUT2D eigenvalue weighted by Crippen LogP contribution is 2.25. The number of benzene rings is 2. The first-order valence-electron chi connectivity index (χ1n) is 7.94. The minimum absolute atomic E-state index is 0.186. The molecule has 1 aliphatic carbocycles.